The van der Waals surface area contributed by atoms with E-state index >= 15 is 0 Å². The molecule has 4 N–H and O–H groups in total. The third kappa shape index (κ3) is 3.64. The first-order valence-electron chi connectivity index (χ1n) is 9.37. The quantitative estimate of drug-likeness (QED) is 0.214. The van der Waals surface area contributed by atoms with Gasteiger partial charge in [-0.05, 0) is 35.6 Å². The summed E-state index contributed by atoms with van der Waals surface area (Å²) in [5, 5.41) is 33.1. The zero-order chi connectivity index (χ0) is 23.9. The van der Waals surface area contributed by atoms with Crippen molar-refractivity contribution in [2.45, 2.75) is 12.1 Å². The Morgan fingerprint density at radius 3 is 1.58 bits per heavy atom. The van der Waals surface area contributed by atoms with Crippen molar-refractivity contribution >= 4 is 57.8 Å². The van der Waals surface area contributed by atoms with Crippen LogP contribution in [0, 0.1) is 25.6 Å². The Morgan fingerprint density at radius 2 is 1.18 bits per heavy atom. The molecule has 0 aromatic heterocycles. The molecule has 2 atom stereocenters. The maximum atomic E-state index is 13.5. The molecule has 2 heterocycles. The summed E-state index contributed by atoms with van der Waals surface area (Å²) in [4.78, 5) is 48.4. The van der Waals surface area contributed by atoms with Gasteiger partial charge in [-0.3, -0.25) is 29.8 Å². The molecule has 12 nitrogen and oxygen atoms in total. The molecule has 0 saturated carbocycles. The van der Waals surface area contributed by atoms with Gasteiger partial charge in [0.2, 0.25) is 11.8 Å². The number of benzene rings is 2. The predicted octanol–water partition coefficient (Wildman–Crippen LogP) is 1.28. The highest BCUT2D eigenvalue weighted by Crippen LogP contribution is 2.49. The summed E-state index contributed by atoms with van der Waals surface area (Å²) in [6, 6.07) is 8.51. The first kappa shape index (κ1) is 22.2. The zero-order valence-corrected chi connectivity index (χ0v) is 18.1. The number of non-ortho nitro benzene ring substituents is 2. The number of thiocarbonyl (C=S) groups is 2. The summed E-state index contributed by atoms with van der Waals surface area (Å²) in [6.45, 7) is 0. The Balaban J connectivity index is 1.96. The minimum Gasteiger partial charge on any atom is -0.354 e. The highest BCUT2D eigenvalue weighted by Gasteiger charge is 2.63. The fourth-order valence-electron chi connectivity index (χ4n) is 4.10. The van der Waals surface area contributed by atoms with Gasteiger partial charge in [-0.15, -0.1) is 0 Å². The van der Waals surface area contributed by atoms with Gasteiger partial charge >= 0.3 is 0 Å². The van der Waals surface area contributed by atoms with Crippen molar-refractivity contribution in [1.82, 2.24) is 21.3 Å². The second kappa shape index (κ2) is 8.14. The monoisotopic (exact) mass is 486 g/mol. The zero-order valence-electron chi connectivity index (χ0n) is 16.4. The van der Waals surface area contributed by atoms with E-state index in [4.69, 9.17) is 24.4 Å². The molecule has 33 heavy (non-hydrogen) atoms. The van der Waals surface area contributed by atoms with Crippen molar-refractivity contribution in [3.63, 3.8) is 0 Å². The Bertz CT molecular complexity index is 1160. The van der Waals surface area contributed by atoms with Gasteiger partial charge in [0.1, 0.15) is 0 Å². The third-order valence-electron chi connectivity index (χ3n) is 5.50. The lowest BCUT2D eigenvalue weighted by atomic mass is 9.65. The van der Waals surface area contributed by atoms with Gasteiger partial charge < -0.3 is 21.3 Å². The number of amides is 2. The number of nitrogens with one attached hydrogen (secondary N) is 4. The third-order valence-corrected chi connectivity index (χ3v) is 5.94. The fraction of sp³-hybridized carbons (Fsp3) is 0.158. The lowest BCUT2D eigenvalue weighted by Gasteiger charge is -2.49. The molecular formula is C19H14N6O6S2. The topological polar surface area (TPSA) is 169 Å². The second-order valence-electron chi connectivity index (χ2n) is 7.29. The molecule has 2 aromatic carbocycles. The number of hydrogen-bond donors (Lipinski definition) is 4. The van der Waals surface area contributed by atoms with Crippen LogP contribution < -0.4 is 21.3 Å². The van der Waals surface area contributed by atoms with Gasteiger partial charge in [0.15, 0.2) is 15.6 Å². The number of nitro benzene ring substituents is 2. The van der Waals surface area contributed by atoms with Crippen LogP contribution in [0.2, 0.25) is 0 Å². The molecule has 2 aromatic rings. The normalized spacial score (nSPS) is 21.5. The Kier molecular flexibility index (Phi) is 5.47. The van der Waals surface area contributed by atoms with Crippen LogP contribution in [0.5, 0.6) is 0 Å². The van der Waals surface area contributed by atoms with Crippen molar-refractivity contribution in [2.75, 3.05) is 0 Å². The molecular weight excluding hydrogens is 472 g/mol. The molecule has 2 fully saturated rings. The SMILES string of the molecule is O=C1NC(=S)NC(=O)C12[C@H](c1cccc([N+](=O)[O-])c1)NC(=S)N[C@H]2c1cccc([N+](=O)[O-])c1. The predicted molar refractivity (Wildman–Crippen MR) is 122 cm³/mol. The van der Waals surface area contributed by atoms with E-state index in [9.17, 15) is 29.8 Å². The molecule has 14 heteroatoms. The van der Waals surface area contributed by atoms with Crippen LogP contribution >= 0.6 is 24.4 Å². The van der Waals surface area contributed by atoms with Gasteiger partial charge in [-0.2, -0.15) is 0 Å². The standard InChI is InChI=1S/C19H14N6O6S2/c26-15-19(16(27)23-18(33)22-15)13(9-3-1-5-11(7-9)24(28)29)20-17(32)21-14(19)10-4-2-6-12(8-10)25(30)31/h1-8,13-14H,(H2,20,21,32)(H2,22,23,26,27,33)/t13-,14-/m0/s1. The van der Waals surface area contributed by atoms with Crippen molar-refractivity contribution in [3.05, 3.63) is 79.9 Å². The van der Waals surface area contributed by atoms with E-state index in [1.165, 1.54) is 48.5 Å². The maximum Gasteiger partial charge on any atom is 0.269 e. The van der Waals surface area contributed by atoms with Crippen LogP contribution in [0.15, 0.2) is 48.5 Å². The Labute approximate surface area is 196 Å². The molecule has 1 spiro atoms. The molecule has 2 aliphatic heterocycles. The van der Waals surface area contributed by atoms with Gasteiger partial charge in [0.05, 0.1) is 21.9 Å². The largest absolute Gasteiger partial charge is 0.354 e. The van der Waals surface area contributed by atoms with Crippen LogP contribution in [0.3, 0.4) is 0 Å². The van der Waals surface area contributed by atoms with Crippen molar-refractivity contribution in [3.8, 4) is 0 Å². The summed E-state index contributed by atoms with van der Waals surface area (Å²) in [7, 11) is 0. The highest BCUT2D eigenvalue weighted by molar-refractivity contribution is 7.80. The van der Waals surface area contributed by atoms with E-state index in [2.05, 4.69) is 21.3 Å². The minimum absolute atomic E-state index is 0.0439. The molecule has 0 radical (unpaired) electrons. The number of rotatable bonds is 4. The Morgan fingerprint density at radius 1 is 0.758 bits per heavy atom. The number of carbonyl (C=O) groups is 2. The number of hydrogen-bond acceptors (Lipinski definition) is 8. The van der Waals surface area contributed by atoms with Crippen LogP contribution in [-0.2, 0) is 9.59 Å². The molecule has 0 bridgehead atoms. The first-order valence-corrected chi connectivity index (χ1v) is 10.2. The summed E-state index contributed by atoms with van der Waals surface area (Å²) in [5.74, 6) is -1.60. The molecule has 168 valence electrons. The second-order valence-corrected chi connectivity index (χ2v) is 8.11. The van der Waals surface area contributed by atoms with Crippen molar-refractivity contribution in [2.24, 2.45) is 5.41 Å². The van der Waals surface area contributed by atoms with E-state index in [1.807, 2.05) is 0 Å². The average molecular weight is 486 g/mol. The molecule has 0 aliphatic carbocycles. The molecule has 2 aliphatic rings. The molecule has 2 amide bonds. The maximum absolute atomic E-state index is 13.5. The molecule has 0 unspecified atom stereocenters. The van der Waals surface area contributed by atoms with Crippen LogP contribution in [0.4, 0.5) is 11.4 Å². The number of nitrogens with zero attached hydrogens (tertiary/aromatic N) is 2. The van der Waals surface area contributed by atoms with E-state index in [0.717, 1.165) is 0 Å². The number of carbonyl (C=O) groups excluding carboxylic acids is 2. The van der Waals surface area contributed by atoms with Gasteiger partial charge in [-0.25, -0.2) is 0 Å². The molecule has 2 saturated heterocycles. The summed E-state index contributed by atoms with van der Waals surface area (Å²) in [5.41, 5.74) is -2.04. The van der Waals surface area contributed by atoms with Crippen LogP contribution in [0.1, 0.15) is 23.2 Å². The van der Waals surface area contributed by atoms with Crippen molar-refractivity contribution in [1.29, 1.82) is 0 Å². The average Bonchev–Trinajstić information content (AvgIpc) is 2.77. The van der Waals surface area contributed by atoms with E-state index < -0.39 is 39.2 Å². The smallest absolute Gasteiger partial charge is 0.269 e. The minimum atomic E-state index is -2.00. The lowest BCUT2D eigenvalue weighted by Crippen LogP contribution is -2.73. The lowest BCUT2D eigenvalue weighted by molar-refractivity contribution is -0.385. The summed E-state index contributed by atoms with van der Waals surface area (Å²) in [6.07, 6.45) is 0. The Hall–Kier alpha value is -4.04. The highest BCUT2D eigenvalue weighted by atomic mass is 32.1. The van der Waals surface area contributed by atoms with Crippen LogP contribution in [-0.4, -0.2) is 31.9 Å². The van der Waals surface area contributed by atoms with Gasteiger partial charge in [0, 0.05) is 24.3 Å². The first-order chi connectivity index (χ1) is 15.6. The summed E-state index contributed by atoms with van der Waals surface area (Å²) < 4.78 is 0. The fourth-order valence-corrected chi connectivity index (χ4v) is 4.52. The van der Waals surface area contributed by atoms with Gasteiger partial charge in [0.25, 0.3) is 11.4 Å². The van der Waals surface area contributed by atoms with E-state index in [1.54, 1.807) is 0 Å². The van der Waals surface area contributed by atoms with Crippen LogP contribution in [0.25, 0.3) is 0 Å². The summed E-state index contributed by atoms with van der Waals surface area (Å²) >= 11 is 10.2. The van der Waals surface area contributed by atoms with Gasteiger partial charge in [-0.1, -0.05) is 24.3 Å². The number of nitro groups is 2. The molecule has 4 rings (SSSR count). The van der Waals surface area contributed by atoms with E-state index in [-0.39, 0.29) is 32.7 Å². The van der Waals surface area contributed by atoms with E-state index in [0.29, 0.717) is 0 Å². The van der Waals surface area contributed by atoms with Crippen molar-refractivity contribution < 1.29 is 19.4 Å².